The SMILES string of the molecule is Cc1cc(=O)oc2cc(NC(=S)Nc3cc([N+](=O)[O-])ccc3Cl)ccc12. The second-order valence-corrected chi connectivity index (χ2v) is 6.28. The number of nitrogens with one attached hydrogen (secondary N) is 2. The maximum absolute atomic E-state index is 11.5. The molecular formula is C17H12ClN3O4S. The number of aryl methyl sites for hydroxylation is 1. The van der Waals surface area contributed by atoms with E-state index in [1.165, 1.54) is 24.3 Å². The normalized spacial score (nSPS) is 10.5. The van der Waals surface area contributed by atoms with Crippen molar-refractivity contribution < 1.29 is 9.34 Å². The van der Waals surface area contributed by atoms with Gasteiger partial charge < -0.3 is 15.1 Å². The molecule has 1 heterocycles. The molecule has 0 radical (unpaired) electrons. The van der Waals surface area contributed by atoms with Crippen molar-refractivity contribution >= 4 is 57.0 Å². The minimum atomic E-state index is -0.522. The van der Waals surface area contributed by atoms with E-state index >= 15 is 0 Å². The monoisotopic (exact) mass is 389 g/mol. The second kappa shape index (κ2) is 7.11. The van der Waals surface area contributed by atoms with Gasteiger partial charge in [0.25, 0.3) is 5.69 Å². The summed E-state index contributed by atoms with van der Waals surface area (Å²) in [6.07, 6.45) is 0. The number of rotatable bonds is 3. The standard InChI is InChI=1S/C17H12ClN3O4S/c1-9-6-16(22)25-15-7-10(2-4-12(9)15)19-17(26)20-14-8-11(21(23)24)3-5-13(14)18/h2-8H,1H3,(H2,19,20,26). The highest BCUT2D eigenvalue weighted by Gasteiger charge is 2.11. The molecule has 0 saturated carbocycles. The van der Waals surface area contributed by atoms with E-state index in [1.54, 1.807) is 18.2 Å². The lowest BCUT2D eigenvalue weighted by Gasteiger charge is -2.12. The van der Waals surface area contributed by atoms with Gasteiger partial charge in [0, 0.05) is 35.3 Å². The predicted molar refractivity (Wildman–Crippen MR) is 105 cm³/mol. The summed E-state index contributed by atoms with van der Waals surface area (Å²) in [7, 11) is 0. The number of anilines is 2. The fraction of sp³-hybridized carbons (Fsp3) is 0.0588. The first-order valence-electron chi connectivity index (χ1n) is 7.40. The highest BCUT2D eigenvalue weighted by atomic mass is 35.5. The zero-order chi connectivity index (χ0) is 18.8. The number of thiocarbonyl (C=S) groups is 1. The summed E-state index contributed by atoms with van der Waals surface area (Å²) in [5.41, 5.74) is 1.59. The van der Waals surface area contributed by atoms with Crippen LogP contribution in [0.4, 0.5) is 17.1 Å². The van der Waals surface area contributed by atoms with Gasteiger partial charge in [-0.3, -0.25) is 10.1 Å². The number of fused-ring (bicyclic) bond motifs is 1. The number of non-ortho nitro benzene ring substituents is 1. The summed E-state index contributed by atoms with van der Waals surface area (Å²) in [5, 5.41) is 17.9. The van der Waals surface area contributed by atoms with E-state index < -0.39 is 10.5 Å². The molecule has 0 atom stereocenters. The third-order valence-corrected chi connectivity index (χ3v) is 4.15. The maximum atomic E-state index is 11.5. The Morgan fingerprint density at radius 3 is 2.69 bits per heavy atom. The predicted octanol–water partition coefficient (Wildman–Crippen LogP) is 4.47. The van der Waals surface area contributed by atoms with Gasteiger partial charge in [0.05, 0.1) is 15.6 Å². The summed E-state index contributed by atoms with van der Waals surface area (Å²) in [4.78, 5) is 21.9. The Balaban J connectivity index is 1.82. The molecule has 26 heavy (non-hydrogen) atoms. The van der Waals surface area contributed by atoms with E-state index in [2.05, 4.69) is 10.6 Å². The van der Waals surface area contributed by atoms with Gasteiger partial charge in [-0.15, -0.1) is 0 Å². The average molecular weight is 390 g/mol. The largest absolute Gasteiger partial charge is 0.423 e. The first kappa shape index (κ1) is 17.8. The van der Waals surface area contributed by atoms with Gasteiger partial charge in [-0.25, -0.2) is 4.79 Å². The number of benzene rings is 2. The van der Waals surface area contributed by atoms with Gasteiger partial charge >= 0.3 is 5.63 Å². The fourth-order valence-corrected chi connectivity index (χ4v) is 2.80. The van der Waals surface area contributed by atoms with Crippen LogP contribution in [0, 0.1) is 17.0 Å². The lowest BCUT2D eigenvalue weighted by atomic mass is 10.1. The summed E-state index contributed by atoms with van der Waals surface area (Å²) in [6.45, 7) is 1.82. The summed E-state index contributed by atoms with van der Waals surface area (Å²) >= 11 is 11.3. The fourth-order valence-electron chi connectivity index (χ4n) is 2.41. The van der Waals surface area contributed by atoms with Gasteiger partial charge in [-0.1, -0.05) is 11.6 Å². The van der Waals surface area contributed by atoms with Crippen molar-refractivity contribution in [2.75, 3.05) is 10.6 Å². The highest BCUT2D eigenvalue weighted by molar-refractivity contribution is 7.80. The molecule has 0 amide bonds. The molecule has 3 aromatic rings. The van der Waals surface area contributed by atoms with Crippen molar-refractivity contribution in [1.29, 1.82) is 0 Å². The Morgan fingerprint density at radius 1 is 1.19 bits per heavy atom. The Bertz CT molecular complexity index is 1100. The minimum Gasteiger partial charge on any atom is -0.423 e. The average Bonchev–Trinajstić information content (AvgIpc) is 2.56. The Labute approximate surface area is 157 Å². The first-order chi connectivity index (χ1) is 12.3. The van der Waals surface area contributed by atoms with Crippen LogP contribution in [0.5, 0.6) is 0 Å². The minimum absolute atomic E-state index is 0.109. The van der Waals surface area contributed by atoms with E-state index in [4.69, 9.17) is 28.2 Å². The molecule has 1 aromatic heterocycles. The number of hydrogen-bond acceptors (Lipinski definition) is 5. The number of halogens is 1. The van der Waals surface area contributed by atoms with E-state index in [0.717, 1.165) is 10.9 Å². The van der Waals surface area contributed by atoms with Crippen LogP contribution in [0.15, 0.2) is 51.7 Å². The topological polar surface area (TPSA) is 97.4 Å². The molecule has 0 aliphatic carbocycles. The van der Waals surface area contributed by atoms with Crippen LogP contribution in [0.3, 0.4) is 0 Å². The third kappa shape index (κ3) is 3.81. The van der Waals surface area contributed by atoms with Crippen LogP contribution in [-0.2, 0) is 0 Å². The van der Waals surface area contributed by atoms with Crippen LogP contribution < -0.4 is 16.3 Å². The van der Waals surface area contributed by atoms with Crippen molar-refractivity contribution in [3.8, 4) is 0 Å². The molecule has 7 nitrogen and oxygen atoms in total. The third-order valence-electron chi connectivity index (χ3n) is 3.62. The maximum Gasteiger partial charge on any atom is 0.336 e. The molecule has 132 valence electrons. The van der Waals surface area contributed by atoms with Crippen LogP contribution in [0.25, 0.3) is 11.0 Å². The lowest BCUT2D eigenvalue weighted by Crippen LogP contribution is -2.19. The van der Waals surface area contributed by atoms with Gasteiger partial charge in [-0.2, -0.15) is 0 Å². The summed E-state index contributed by atoms with van der Waals surface area (Å²) in [6, 6.07) is 10.7. The Hall–Kier alpha value is -2.97. The smallest absolute Gasteiger partial charge is 0.336 e. The Morgan fingerprint density at radius 2 is 1.96 bits per heavy atom. The van der Waals surface area contributed by atoms with E-state index in [0.29, 0.717) is 22.0 Å². The molecule has 0 aliphatic rings. The van der Waals surface area contributed by atoms with Gasteiger partial charge in [0.1, 0.15) is 5.58 Å². The van der Waals surface area contributed by atoms with Crippen LogP contribution in [0.1, 0.15) is 5.56 Å². The van der Waals surface area contributed by atoms with Gasteiger partial charge in [-0.05, 0) is 42.9 Å². The molecule has 0 bridgehead atoms. The highest BCUT2D eigenvalue weighted by Crippen LogP contribution is 2.27. The summed E-state index contributed by atoms with van der Waals surface area (Å²) < 4.78 is 5.19. The van der Waals surface area contributed by atoms with Crippen LogP contribution >= 0.6 is 23.8 Å². The molecule has 3 rings (SSSR count). The zero-order valence-corrected chi connectivity index (χ0v) is 15.0. The van der Waals surface area contributed by atoms with Gasteiger partial charge in [0.15, 0.2) is 5.11 Å². The zero-order valence-electron chi connectivity index (χ0n) is 13.4. The number of nitro groups is 1. The summed E-state index contributed by atoms with van der Waals surface area (Å²) in [5.74, 6) is 0. The lowest BCUT2D eigenvalue weighted by molar-refractivity contribution is -0.384. The van der Waals surface area contributed by atoms with Crippen molar-refractivity contribution in [2.24, 2.45) is 0 Å². The molecule has 2 N–H and O–H groups in total. The molecule has 2 aromatic carbocycles. The molecule has 0 aliphatic heterocycles. The van der Waals surface area contributed by atoms with E-state index in [-0.39, 0.29) is 10.8 Å². The first-order valence-corrected chi connectivity index (χ1v) is 8.18. The molecule has 0 spiro atoms. The number of hydrogen-bond donors (Lipinski definition) is 2. The van der Waals surface area contributed by atoms with Crippen molar-refractivity contribution in [2.45, 2.75) is 6.92 Å². The van der Waals surface area contributed by atoms with E-state index in [9.17, 15) is 14.9 Å². The van der Waals surface area contributed by atoms with E-state index in [1.807, 2.05) is 6.92 Å². The van der Waals surface area contributed by atoms with Crippen molar-refractivity contribution in [3.05, 3.63) is 73.6 Å². The second-order valence-electron chi connectivity index (χ2n) is 5.46. The van der Waals surface area contributed by atoms with Crippen molar-refractivity contribution in [1.82, 2.24) is 0 Å². The van der Waals surface area contributed by atoms with Crippen LogP contribution in [-0.4, -0.2) is 10.0 Å². The molecule has 0 unspecified atom stereocenters. The van der Waals surface area contributed by atoms with Crippen LogP contribution in [0.2, 0.25) is 5.02 Å². The quantitative estimate of drug-likeness (QED) is 0.295. The number of nitro benzene ring substituents is 1. The Kier molecular flexibility index (Phi) is 4.88. The molecular weight excluding hydrogens is 378 g/mol. The van der Waals surface area contributed by atoms with Crippen molar-refractivity contribution in [3.63, 3.8) is 0 Å². The molecule has 0 fully saturated rings. The number of nitrogens with zero attached hydrogens (tertiary/aromatic N) is 1. The van der Waals surface area contributed by atoms with Gasteiger partial charge in [0.2, 0.25) is 0 Å². The molecule has 0 saturated heterocycles. The molecule has 9 heteroatoms.